The van der Waals surface area contributed by atoms with Crippen LogP contribution in [-0.4, -0.2) is 19.6 Å². The van der Waals surface area contributed by atoms with Crippen molar-refractivity contribution in [2.45, 2.75) is 12.8 Å². The summed E-state index contributed by atoms with van der Waals surface area (Å²) in [6.07, 6.45) is 1.51. The van der Waals surface area contributed by atoms with Crippen molar-refractivity contribution in [3.63, 3.8) is 0 Å². The maximum atomic E-state index is 15.3. The van der Waals surface area contributed by atoms with Gasteiger partial charge >= 0.3 is 5.63 Å². The highest BCUT2D eigenvalue weighted by Crippen LogP contribution is 2.49. The maximum Gasteiger partial charge on any atom is 0.344 e. The summed E-state index contributed by atoms with van der Waals surface area (Å²) in [5.74, 6) is -0.293. The van der Waals surface area contributed by atoms with Crippen LogP contribution < -0.4 is 10.4 Å². The van der Waals surface area contributed by atoms with E-state index >= 15 is 4.39 Å². The second kappa shape index (κ2) is 7.58. The number of ether oxygens (including phenoxy) is 1. The average molecular weight is 476 g/mol. The van der Waals surface area contributed by atoms with Gasteiger partial charge in [0, 0.05) is 11.1 Å². The highest BCUT2D eigenvalue weighted by Gasteiger charge is 2.38. The summed E-state index contributed by atoms with van der Waals surface area (Å²) in [5.41, 5.74) is 3.00. The quantitative estimate of drug-likeness (QED) is 0.301. The third-order valence-corrected chi connectivity index (χ3v) is 6.56. The number of para-hydroxylation sites is 1. The minimum atomic E-state index is -0.865. The molecule has 0 saturated heterocycles. The lowest BCUT2D eigenvalue weighted by atomic mass is 9.84. The summed E-state index contributed by atoms with van der Waals surface area (Å²) in [6, 6.07) is 21.2. The average Bonchev–Trinajstić information content (AvgIpc) is 3.33. The minimum absolute atomic E-state index is 0.196. The number of hydrogen-bond donors (Lipinski definition) is 0. The van der Waals surface area contributed by atoms with Gasteiger partial charge in [-0.25, -0.2) is 23.7 Å². The Morgan fingerprint density at radius 3 is 2.58 bits per heavy atom. The molecule has 0 radical (unpaired) electrons. The lowest BCUT2D eigenvalue weighted by Gasteiger charge is -2.27. The first-order chi connectivity index (χ1) is 17.6. The van der Waals surface area contributed by atoms with Gasteiger partial charge in [0.25, 0.3) is 0 Å². The molecule has 3 aromatic carbocycles. The van der Waals surface area contributed by atoms with Gasteiger partial charge in [0.05, 0.1) is 22.4 Å². The molecule has 8 heteroatoms. The van der Waals surface area contributed by atoms with Crippen LogP contribution in [0.4, 0.5) is 4.39 Å². The molecular weight excluding hydrogens is 459 g/mol. The van der Waals surface area contributed by atoms with Crippen molar-refractivity contribution < 1.29 is 13.5 Å². The Hall–Kier alpha value is -4.85. The van der Waals surface area contributed by atoms with E-state index in [1.165, 1.54) is 16.9 Å². The molecule has 4 heterocycles. The predicted molar refractivity (Wildman–Crippen MR) is 131 cm³/mol. The van der Waals surface area contributed by atoms with E-state index in [0.29, 0.717) is 39.3 Å². The molecule has 1 aliphatic heterocycles. The molecule has 1 aliphatic rings. The van der Waals surface area contributed by atoms with Gasteiger partial charge in [-0.3, -0.25) is 0 Å². The number of benzene rings is 3. The molecule has 7 nitrogen and oxygen atoms in total. The lowest BCUT2D eigenvalue weighted by molar-refractivity contribution is 0.420. The number of hydrogen-bond acceptors (Lipinski definition) is 6. The molecule has 0 fully saturated rings. The number of nitrogens with zero attached hydrogens (tertiary/aromatic N) is 4. The summed E-state index contributed by atoms with van der Waals surface area (Å²) >= 11 is 0. The minimum Gasteiger partial charge on any atom is -0.437 e. The van der Waals surface area contributed by atoms with E-state index in [9.17, 15) is 4.79 Å². The summed E-state index contributed by atoms with van der Waals surface area (Å²) in [5, 5.41) is 5.22. The van der Waals surface area contributed by atoms with Crippen molar-refractivity contribution in [2.24, 2.45) is 0 Å². The Labute approximate surface area is 203 Å². The fraction of sp³-hybridized carbons (Fsp3) is 0.0714. The first-order valence-electron chi connectivity index (χ1n) is 11.4. The molecule has 1 unspecified atom stereocenters. The number of rotatable bonds is 2. The number of aryl methyl sites for hydroxylation is 1. The highest BCUT2D eigenvalue weighted by molar-refractivity contribution is 5.87. The van der Waals surface area contributed by atoms with Gasteiger partial charge in [-0.05, 0) is 30.7 Å². The standard InChI is InChI=1S/C28H17FN4O3/c1-15-8-2-3-9-16(15)25-31-26-23-21(17-10-4-6-12-19(17)29)22-24(36-27(23)30-14-33(26)32-25)18-11-5-7-13-20(18)35-28(22)34/h2-14,21H,1H3. The molecule has 0 saturated carbocycles. The molecule has 0 N–H and O–H groups in total. The van der Waals surface area contributed by atoms with Crippen LogP contribution in [0.1, 0.15) is 28.2 Å². The monoisotopic (exact) mass is 476 g/mol. The van der Waals surface area contributed by atoms with Gasteiger partial charge in [-0.2, -0.15) is 0 Å². The van der Waals surface area contributed by atoms with Crippen LogP contribution in [0.25, 0.3) is 28.0 Å². The van der Waals surface area contributed by atoms with Crippen molar-refractivity contribution in [3.8, 4) is 23.0 Å². The molecule has 0 spiro atoms. The van der Waals surface area contributed by atoms with Gasteiger partial charge in [0.2, 0.25) is 5.88 Å². The zero-order chi connectivity index (χ0) is 24.4. The predicted octanol–water partition coefficient (Wildman–Crippen LogP) is 5.63. The van der Waals surface area contributed by atoms with Crippen LogP contribution in [-0.2, 0) is 0 Å². The van der Waals surface area contributed by atoms with E-state index in [1.807, 2.05) is 37.3 Å². The largest absolute Gasteiger partial charge is 0.437 e. The van der Waals surface area contributed by atoms with Crippen LogP contribution in [0.15, 0.2) is 88.3 Å². The van der Waals surface area contributed by atoms with Crippen molar-refractivity contribution in [1.82, 2.24) is 19.6 Å². The molecular formula is C28H17FN4O3. The molecule has 1 atom stereocenters. The van der Waals surface area contributed by atoms with Crippen LogP contribution in [0.3, 0.4) is 0 Å². The Bertz CT molecular complexity index is 1890. The first kappa shape index (κ1) is 20.5. The van der Waals surface area contributed by atoms with Crippen molar-refractivity contribution in [3.05, 3.63) is 118 Å². The first-order valence-corrected chi connectivity index (χ1v) is 11.4. The number of aromatic nitrogens is 4. The van der Waals surface area contributed by atoms with Crippen LogP contribution in [0.5, 0.6) is 11.6 Å². The fourth-order valence-electron chi connectivity index (χ4n) is 4.89. The third kappa shape index (κ3) is 2.91. The van der Waals surface area contributed by atoms with Crippen LogP contribution >= 0.6 is 0 Å². The van der Waals surface area contributed by atoms with E-state index in [-0.39, 0.29) is 11.4 Å². The number of fused-ring (bicyclic) bond motifs is 6. The molecule has 0 amide bonds. The summed E-state index contributed by atoms with van der Waals surface area (Å²) < 4.78 is 28.7. The zero-order valence-electron chi connectivity index (χ0n) is 19.0. The van der Waals surface area contributed by atoms with E-state index < -0.39 is 17.4 Å². The van der Waals surface area contributed by atoms with E-state index in [2.05, 4.69) is 10.1 Å². The van der Waals surface area contributed by atoms with Crippen molar-refractivity contribution in [2.75, 3.05) is 0 Å². The molecule has 6 aromatic rings. The van der Waals surface area contributed by atoms with E-state index in [1.54, 1.807) is 36.4 Å². The Kier molecular flexibility index (Phi) is 4.32. The van der Waals surface area contributed by atoms with Gasteiger partial charge in [0.15, 0.2) is 17.2 Å². The summed E-state index contributed by atoms with van der Waals surface area (Å²) in [4.78, 5) is 22.7. The molecule has 36 heavy (non-hydrogen) atoms. The summed E-state index contributed by atoms with van der Waals surface area (Å²) in [7, 11) is 0. The Balaban J connectivity index is 1.57. The molecule has 0 aliphatic carbocycles. The number of halogens is 1. The zero-order valence-corrected chi connectivity index (χ0v) is 19.0. The smallest absolute Gasteiger partial charge is 0.344 e. The van der Waals surface area contributed by atoms with Crippen molar-refractivity contribution >= 4 is 16.6 Å². The van der Waals surface area contributed by atoms with E-state index in [4.69, 9.17) is 14.1 Å². The lowest BCUT2D eigenvalue weighted by Crippen LogP contribution is -2.23. The van der Waals surface area contributed by atoms with Crippen LogP contribution in [0.2, 0.25) is 0 Å². The Morgan fingerprint density at radius 2 is 1.72 bits per heavy atom. The SMILES string of the molecule is Cc1ccccc1-c1nc2c3c(ncn2n1)Oc1c(c(=O)oc2ccccc12)C3c1ccccc1F. The Morgan fingerprint density at radius 1 is 0.944 bits per heavy atom. The second-order valence-electron chi connectivity index (χ2n) is 8.67. The van der Waals surface area contributed by atoms with Crippen LogP contribution in [0, 0.1) is 12.7 Å². The third-order valence-electron chi connectivity index (χ3n) is 6.56. The highest BCUT2D eigenvalue weighted by atomic mass is 19.1. The second-order valence-corrected chi connectivity index (χ2v) is 8.67. The van der Waals surface area contributed by atoms with E-state index in [0.717, 1.165) is 11.1 Å². The normalized spacial score (nSPS) is 14.4. The van der Waals surface area contributed by atoms with Gasteiger partial charge < -0.3 is 9.15 Å². The topological polar surface area (TPSA) is 82.5 Å². The van der Waals surface area contributed by atoms with Crippen molar-refractivity contribution in [1.29, 1.82) is 0 Å². The van der Waals surface area contributed by atoms with Gasteiger partial charge in [-0.1, -0.05) is 54.6 Å². The molecule has 7 rings (SSSR count). The maximum absolute atomic E-state index is 15.3. The fourth-order valence-corrected chi connectivity index (χ4v) is 4.89. The molecule has 3 aromatic heterocycles. The molecule has 174 valence electrons. The van der Waals surface area contributed by atoms with Gasteiger partial charge in [-0.15, -0.1) is 5.10 Å². The summed E-state index contributed by atoms with van der Waals surface area (Å²) in [6.45, 7) is 1.98. The van der Waals surface area contributed by atoms with Gasteiger partial charge in [0.1, 0.15) is 17.7 Å². The molecule has 0 bridgehead atoms.